The average Bonchev–Trinajstić information content (AvgIpc) is 2.99. The summed E-state index contributed by atoms with van der Waals surface area (Å²) in [4.78, 5) is 11.1. The number of aromatic nitrogens is 4. The second-order valence-electron chi connectivity index (χ2n) is 6.45. The molecule has 7 nitrogen and oxygen atoms in total. The molecule has 1 aliphatic carbocycles. The van der Waals surface area contributed by atoms with Crippen molar-refractivity contribution in [1.82, 2.24) is 25.2 Å². The summed E-state index contributed by atoms with van der Waals surface area (Å²) < 4.78 is 10.4. The van der Waals surface area contributed by atoms with E-state index in [2.05, 4.69) is 32.1 Å². The van der Waals surface area contributed by atoms with Crippen LogP contribution in [0, 0.1) is 0 Å². The topological polar surface area (TPSA) is 81.1 Å². The zero-order valence-electron chi connectivity index (χ0n) is 12.2. The lowest BCUT2D eigenvalue weighted by Gasteiger charge is -2.37. The lowest BCUT2D eigenvalue weighted by atomic mass is 9.81. The van der Waals surface area contributed by atoms with Gasteiger partial charge in [0.2, 0.25) is 12.3 Å². The van der Waals surface area contributed by atoms with Crippen molar-refractivity contribution in [3.8, 4) is 0 Å². The fourth-order valence-corrected chi connectivity index (χ4v) is 3.10. The maximum Gasteiger partial charge on any atom is 0.233 e. The molecular weight excluding hydrogens is 270 g/mol. The largest absolute Gasteiger partial charge is 0.343 e. The van der Waals surface area contributed by atoms with E-state index in [1.54, 1.807) is 0 Å². The van der Waals surface area contributed by atoms with Gasteiger partial charge in [0.05, 0.1) is 12.0 Å². The molecule has 21 heavy (non-hydrogen) atoms. The molecule has 0 amide bonds. The standard InChI is InChI=1S/C14H19N5O2/c1-14(13-16-12(18-21-13)10-3-4-10)5-2-6-19(8-14)7-11-15-9-20-17-11/h9-10H,2-8H2,1H3/t14-/m0/s1. The molecule has 0 N–H and O–H groups in total. The van der Waals surface area contributed by atoms with Crippen molar-refractivity contribution in [3.63, 3.8) is 0 Å². The highest BCUT2D eigenvalue weighted by atomic mass is 16.5. The van der Waals surface area contributed by atoms with Crippen LogP contribution in [0.15, 0.2) is 15.4 Å². The van der Waals surface area contributed by atoms with Crippen molar-refractivity contribution in [2.75, 3.05) is 13.1 Å². The Morgan fingerprint density at radius 1 is 1.38 bits per heavy atom. The normalized spacial score (nSPS) is 27.1. The van der Waals surface area contributed by atoms with Gasteiger partial charge < -0.3 is 9.05 Å². The van der Waals surface area contributed by atoms with Crippen LogP contribution >= 0.6 is 0 Å². The molecular formula is C14H19N5O2. The van der Waals surface area contributed by atoms with E-state index in [1.807, 2.05) is 0 Å². The molecule has 3 heterocycles. The molecule has 0 spiro atoms. The molecule has 2 aromatic rings. The summed E-state index contributed by atoms with van der Waals surface area (Å²) in [7, 11) is 0. The highest BCUT2D eigenvalue weighted by Gasteiger charge is 2.39. The second kappa shape index (κ2) is 4.91. The van der Waals surface area contributed by atoms with E-state index in [4.69, 9.17) is 9.05 Å². The first kappa shape index (κ1) is 12.9. The number of likely N-dealkylation sites (tertiary alicyclic amines) is 1. The molecule has 0 radical (unpaired) electrons. The predicted octanol–water partition coefficient (Wildman–Crippen LogP) is 1.88. The van der Waals surface area contributed by atoms with E-state index in [9.17, 15) is 0 Å². The minimum absolute atomic E-state index is 0.0812. The van der Waals surface area contributed by atoms with Gasteiger partial charge >= 0.3 is 0 Å². The molecule has 0 bridgehead atoms. The first-order valence-electron chi connectivity index (χ1n) is 7.55. The van der Waals surface area contributed by atoms with Crippen LogP contribution in [0.2, 0.25) is 0 Å². The molecule has 1 atom stereocenters. The Morgan fingerprint density at radius 3 is 3.05 bits per heavy atom. The molecule has 1 saturated carbocycles. The number of rotatable bonds is 4. The van der Waals surface area contributed by atoms with Crippen LogP contribution in [-0.2, 0) is 12.0 Å². The van der Waals surface area contributed by atoms with Crippen LogP contribution in [0.1, 0.15) is 56.1 Å². The van der Waals surface area contributed by atoms with Crippen LogP contribution in [0.25, 0.3) is 0 Å². The van der Waals surface area contributed by atoms with Gasteiger partial charge in [-0.05, 0) is 39.2 Å². The monoisotopic (exact) mass is 289 g/mol. The lowest BCUT2D eigenvalue weighted by molar-refractivity contribution is 0.121. The minimum atomic E-state index is -0.0812. The third kappa shape index (κ3) is 2.57. The summed E-state index contributed by atoms with van der Waals surface area (Å²) in [6.07, 6.45) is 5.94. The lowest BCUT2D eigenvalue weighted by Crippen LogP contribution is -2.44. The predicted molar refractivity (Wildman–Crippen MR) is 72.4 cm³/mol. The Kier molecular flexibility index (Phi) is 3.02. The van der Waals surface area contributed by atoms with Gasteiger partial charge in [-0.3, -0.25) is 4.90 Å². The van der Waals surface area contributed by atoms with Crippen LogP contribution in [0.5, 0.6) is 0 Å². The fraction of sp³-hybridized carbons (Fsp3) is 0.714. The van der Waals surface area contributed by atoms with E-state index < -0.39 is 0 Å². The molecule has 7 heteroatoms. The van der Waals surface area contributed by atoms with Crippen LogP contribution < -0.4 is 0 Å². The van der Waals surface area contributed by atoms with Crippen molar-refractivity contribution in [2.24, 2.45) is 0 Å². The van der Waals surface area contributed by atoms with Gasteiger partial charge in [0.1, 0.15) is 0 Å². The van der Waals surface area contributed by atoms with Gasteiger partial charge in [0.15, 0.2) is 11.6 Å². The zero-order valence-corrected chi connectivity index (χ0v) is 12.2. The summed E-state index contributed by atoms with van der Waals surface area (Å²) in [5, 5.41) is 8.04. The van der Waals surface area contributed by atoms with Gasteiger partial charge in [0, 0.05) is 12.5 Å². The van der Waals surface area contributed by atoms with Crippen LogP contribution in [0.3, 0.4) is 0 Å². The zero-order chi connectivity index (χ0) is 14.3. The molecule has 2 fully saturated rings. The molecule has 2 aliphatic rings. The third-order valence-corrected chi connectivity index (χ3v) is 4.45. The maximum atomic E-state index is 5.55. The Labute approximate surface area is 122 Å². The number of piperidine rings is 1. The molecule has 112 valence electrons. The average molecular weight is 289 g/mol. The second-order valence-corrected chi connectivity index (χ2v) is 6.45. The maximum absolute atomic E-state index is 5.55. The van der Waals surface area contributed by atoms with Gasteiger partial charge in [-0.25, -0.2) is 0 Å². The molecule has 0 aromatic carbocycles. The first-order valence-corrected chi connectivity index (χ1v) is 7.55. The fourth-order valence-electron chi connectivity index (χ4n) is 3.10. The summed E-state index contributed by atoms with van der Waals surface area (Å²) >= 11 is 0. The van der Waals surface area contributed by atoms with Crippen LogP contribution in [-0.4, -0.2) is 38.3 Å². The highest BCUT2D eigenvalue weighted by molar-refractivity contribution is 5.10. The summed E-state index contributed by atoms with van der Waals surface area (Å²) in [6, 6.07) is 0. The SMILES string of the molecule is C[C@]1(c2nc(C3CC3)no2)CCCN(Cc2ncon2)C1. The summed E-state index contributed by atoms with van der Waals surface area (Å²) in [5.41, 5.74) is -0.0812. The van der Waals surface area contributed by atoms with Crippen molar-refractivity contribution >= 4 is 0 Å². The Hall–Kier alpha value is -1.76. The van der Waals surface area contributed by atoms with E-state index in [0.717, 1.165) is 43.5 Å². The number of hydrogen-bond acceptors (Lipinski definition) is 7. The Balaban J connectivity index is 1.49. The first-order chi connectivity index (χ1) is 10.2. The minimum Gasteiger partial charge on any atom is -0.343 e. The summed E-state index contributed by atoms with van der Waals surface area (Å²) in [5.74, 6) is 2.93. The van der Waals surface area contributed by atoms with E-state index >= 15 is 0 Å². The van der Waals surface area contributed by atoms with Crippen LogP contribution in [0.4, 0.5) is 0 Å². The van der Waals surface area contributed by atoms with Gasteiger partial charge in [-0.15, -0.1) is 0 Å². The summed E-state index contributed by atoms with van der Waals surface area (Å²) in [6.45, 7) is 4.83. The van der Waals surface area contributed by atoms with Crippen molar-refractivity contribution < 1.29 is 9.05 Å². The molecule has 1 saturated heterocycles. The van der Waals surface area contributed by atoms with Gasteiger partial charge in [-0.2, -0.15) is 9.97 Å². The Bertz CT molecular complexity index is 607. The number of hydrogen-bond donors (Lipinski definition) is 0. The molecule has 4 rings (SSSR count). The third-order valence-electron chi connectivity index (χ3n) is 4.45. The van der Waals surface area contributed by atoms with Crippen molar-refractivity contribution in [3.05, 3.63) is 23.9 Å². The van der Waals surface area contributed by atoms with Crippen molar-refractivity contribution in [1.29, 1.82) is 0 Å². The Morgan fingerprint density at radius 2 is 2.29 bits per heavy atom. The van der Waals surface area contributed by atoms with E-state index in [1.165, 1.54) is 19.2 Å². The van der Waals surface area contributed by atoms with Crippen molar-refractivity contribution in [2.45, 2.75) is 50.5 Å². The smallest absolute Gasteiger partial charge is 0.233 e. The quantitative estimate of drug-likeness (QED) is 0.850. The molecule has 1 aliphatic heterocycles. The molecule has 0 unspecified atom stereocenters. The van der Waals surface area contributed by atoms with Gasteiger partial charge in [0.25, 0.3) is 0 Å². The highest BCUT2D eigenvalue weighted by Crippen LogP contribution is 2.40. The van der Waals surface area contributed by atoms with E-state index in [0.29, 0.717) is 12.5 Å². The van der Waals surface area contributed by atoms with E-state index in [-0.39, 0.29) is 5.41 Å². The van der Waals surface area contributed by atoms with Gasteiger partial charge in [-0.1, -0.05) is 10.3 Å². The molecule has 2 aromatic heterocycles. The number of nitrogens with zero attached hydrogens (tertiary/aromatic N) is 5.